The normalized spacial score (nSPS) is 16.3. The minimum atomic E-state index is 0. The molecule has 6 heteroatoms. The lowest BCUT2D eigenvalue weighted by molar-refractivity contribution is 0.139. The summed E-state index contributed by atoms with van der Waals surface area (Å²) in [5.41, 5.74) is 5.42. The third kappa shape index (κ3) is 7.11. The molecular weight excluding hydrogens is 474 g/mol. The molecule has 0 bridgehead atoms. The molecule has 1 fully saturated rings. The van der Waals surface area contributed by atoms with E-state index < -0.39 is 0 Å². The van der Waals surface area contributed by atoms with Gasteiger partial charge in [0.05, 0.1) is 6.61 Å². The molecule has 3 N–H and O–H groups in total. The molecule has 0 amide bonds. The van der Waals surface area contributed by atoms with E-state index in [2.05, 4.69) is 29.2 Å². The molecule has 0 spiro atoms. The summed E-state index contributed by atoms with van der Waals surface area (Å²) in [7, 11) is 0. The van der Waals surface area contributed by atoms with Crippen LogP contribution in [0.1, 0.15) is 42.4 Å². The van der Waals surface area contributed by atoms with E-state index in [9.17, 15) is 15.3 Å². The van der Waals surface area contributed by atoms with Crippen LogP contribution in [-0.2, 0) is 0 Å². The molecule has 4 rings (SSSR count). The Kier molecular flexibility index (Phi) is 10.8. The lowest BCUT2D eigenvalue weighted by Gasteiger charge is -2.22. The van der Waals surface area contributed by atoms with Gasteiger partial charge in [0.1, 0.15) is 18.1 Å². The number of aromatic hydroxyl groups is 1. The number of hydrogen-bond acceptors (Lipinski definition) is 5. The van der Waals surface area contributed by atoms with Crippen molar-refractivity contribution in [3.8, 4) is 11.5 Å². The van der Waals surface area contributed by atoms with E-state index in [4.69, 9.17) is 4.74 Å². The zero-order valence-corrected chi connectivity index (χ0v) is 21.4. The molecule has 1 heterocycles. The molecule has 0 aliphatic carbocycles. The quantitative estimate of drug-likeness (QED) is 0.303. The summed E-state index contributed by atoms with van der Waals surface area (Å²) in [6.07, 6.45) is 3.58. The van der Waals surface area contributed by atoms with Crippen molar-refractivity contribution in [1.29, 1.82) is 0 Å². The summed E-state index contributed by atoms with van der Waals surface area (Å²) >= 11 is 0. The van der Waals surface area contributed by atoms with Crippen molar-refractivity contribution in [2.75, 3.05) is 32.9 Å². The van der Waals surface area contributed by atoms with Crippen LogP contribution in [0.5, 0.6) is 11.5 Å². The molecule has 0 unspecified atom stereocenters. The summed E-state index contributed by atoms with van der Waals surface area (Å²) in [6, 6.07) is 26.0. The van der Waals surface area contributed by atoms with Crippen molar-refractivity contribution < 1.29 is 20.1 Å². The molecule has 0 aromatic heterocycles. The van der Waals surface area contributed by atoms with E-state index in [0.717, 1.165) is 65.9 Å². The van der Waals surface area contributed by atoms with Gasteiger partial charge < -0.3 is 20.1 Å². The average Bonchev–Trinajstić information content (AvgIpc) is 3.36. The highest BCUT2D eigenvalue weighted by Gasteiger charge is 2.23. The molecule has 192 valence electrons. The maximum absolute atomic E-state index is 9.85. The van der Waals surface area contributed by atoms with Gasteiger partial charge in [-0.15, -0.1) is 12.4 Å². The monoisotopic (exact) mass is 509 g/mol. The van der Waals surface area contributed by atoms with Gasteiger partial charge in [-0.2, -0.15) is 0 Å². The first-order chi connectivity index (χ1) is 17.2. The van der Waals surface area contributed by atoms with Crippen LogP contribution in [0.4, 0.5) is 0 Å². The number of phenols is 1. The minimum absolute atomic E-state index is 0. The zero-order chi connectivity index (χ0) is 24.5. The van der Waals surface area contributed by atoms with E-state index in [1.165, 1.54) is 0 Å². The Bertz CT molecular complexity index is 1080. The number of likely N-dealkylation sites (tertiary alicyclic amines) is 1. The van der Waals surface area contributed by atoms with Crippen LogP contribution in [0, 0.1) is 0 Å². The van der Waals surface area contributed by atoms with Gasteiger partial charge in [0.2, 0.25) is 0 Å². The van der Waals surface area contributed by atoms with Crippen molar-refractivity contribution in [3.05, 3.63) is 95.6 Å². The lowest BCUT2D eigenvalue weighted by atomic mass is 9.87. The number of phenolic OH excluding ortho intramolecular Hbond substituents is 1. The highest BCUT2D eigenvalue weighted by molar-refractivity contribution is 5.98. The van der Waals surface area contributed by atoms with Crippen molar-refractivity contribution in [2.24, 2.45) is 0 Å². The van der Waals surface area contributed by atoms with Crippen LogP contribution < -0.4 is 4.74 Å². The Morgan fingerprint density at radius 2 is 1.53 bits per heavy atom. The van der Waals surface area contributed by atoms with E-state index in [1.807, 2.05) is 42.5 Å². The number of aliphatic hydroxyl groups is 2. The third-order valence-electron chi connectivity index (χ3n) is 6.66. The number of halogens is 1. The minimum Gasteiger partial charge on any atom is -0.508 e. The van der Waals surface area contributed by atoms with E-state index in [-0.39, 0.29) is 37.4 Å². The van der Waals surface area contributed by atoms with Crippen molar-refractivity contribution in [1.82, 2.24) is 4.90 Å². The van der Waals surface area contributed by atoms with E-state index >= 15 is 0 Å². The number of nitrogens with zero attached hydrogens (tertiary/aromatic N) is 1. The highest BCUT2D eigenvalue weighted by atomic mass is 35.5. The van der Waals surface area contributed by atoms with E-state index in [1.54, 1.807) is 12.1 Å². The summed E-state index contributed by atoms with van der Waals surface area (Å²) in [4.78, 5) is 2.30. The van der Waals surface area contributed by atoms with Crippen molar-refractivity contribution >= 4 is 23.6 Å². The van der Waals surface area contributed by atoms with Crippen LogP contribution in [0.15, 0.2) is 78.9 Å². The van der Waals surface area contributed by atoms with Gasteiger partial charge >= 0.3 is 0 Å². The van der Waals surface area contributed by atoms with Crippen LogP contribution in [0.25, 0.3) is 11.1 Å². The Balaban J connectivity index is 0.00000361. The number of aliphatic hydroxyl groups excluding tert-OH is 2. The molecule has 3 aromatic rings. The zero-order valence-electron chi connectivity index (χ0n) is 20.6. The predicted molar refractivity (Wildman–Crippen MR) is 148 cm³/mol. The molecule has 0 saturated carbocycles. The smallest absolute Gasteiger partial charge is 0.119 e. The Hall–Kier alpha value is -2.83. The molecule has 1 aliphatic heterocycles. The maximum Gasteiger partial charge on any atom is 0.119 e. The molecule has 1 saturated heterocycles. The maximum atomic E-state index is 9.85. The fourth-order valence-corrected chi connectivity index (χ4v) is 4.85. The molecule has 5 nitrogen and oxygen atoms in total. The summed E-state index contributed by atoms with van der Waals surface area (Å²) < 4.78 is 6.02. The fraction of sp³-hybridized carbons (Fsp3) is 0.333. The van der Waals surface area contributed by atoms with Crippen molar-refractivity contribution in [3.63, 3.8) is 0 Å². The average molecular weight is 510 g/mol. The van der Waals surface area contributed by atoms with Gasteiger partial charge in [-0.25, -0.2) is 0 Å². The summed E-state index contributed by atoms with van der Waals surface area (Å²) in [6.45, 7) is 2.75. The number of allylic oxidation sites excluding steroid dienone is 1. The van der Waals surface area contributed by atoms with Crippen LogP contribution in [0.2, 0.25) is 0 Å². The van der Waals surface area contributed by atoms with Gasteiger partial charge in [-0.05, 0) is 84.3 Å². The Morgan fingerprint density at radius 1 is 0.861 bits per heavy atom. The van der Waals surface area contributed by atoms with Crippen LogP contribution in [-0.4, -0.2) is 59.2 Å². The summed E-state index contributed by atoms with van der Waals surface area (Å²) in [5.74, 6) is 1.05. The first-order valence-corrected chi connectivity index (χ1v) is 12.5. The number of rotatable bonds is 11. The van der Waals surface area contributed by atoms with Gasteiger partial charge in [0.25, 0.3) is 0 Å². The predicted octanol–water partition coefficient (Wildman–Crippen LogP) is 5.38. The van der Waals surface area contributed by atoms with Crippen LogP contribution in [0.3, 0.4) is 0 Å². The third-order valence-corrected chi connectivity index (χ3v) is 6.66. The van der Waals surface area contributed by atoms with Crippen LogP contribution >= 0.6 is 12.4 Å². The largest absolute Gasteiger partial charge is 0.508 e. The number of benzene rings is 3. The van der Waals surface area contributed by atoms with E-state index in [0.29, 0.717) is 13.0 Å². The molecule has 0 radical (unpaired) electrons. The standard InChI is InChI=1S/C30H35NO4.ClH/c32-20-5-9-29(23-6-2-1-3-7-23)30(24-10-14-27(34)15-11-24)25-12-16-28(17-13-25)35-21-19-31-18-4-8-26(31)22-33;/h1-3,6-7,10-17,26,32-34H,4-5,8-9,18-22H2;1H/b30-29-;/t26-;/m1./s1. The van der Waals surface area contributed by atoms with Gasteiger partial charge in [0.15, 0.2) is 0 Å². The van der Waals surface area contributed by atoms with Crippen molar-refractivity contribution in [2.45, 2.75) is 31.7 Å². The second-order valence-electron chi connectivity index (χ2n) is 8.98. The van der Waals surface area contributed by atoms with Gasteiger partial charge in [-0.1, -0.05) is 54.6 Å². The number of ether oxygens (including phenoxy) is 1. The molecular formula is C30H36ClNO4. The topological polar surface area (TPSA) is 73.2 Å². The Morgan fingerprint density at radius 3 is 2.17 bits per heavy atom. The fourth-order valence-electron chi connectivity index (χ4n) is 4.85. The second-order valence-corrected chi connectivity index (χ2v) is 8.98. The van der Waals surface area contributed by atoms with Gasteiger partial charge in [-0.3, -0.25) is 4.90 Å². The molecule has 36 heavy (non-hydrogen) atoms. The number of hydrogen-bond donors (Lipinski definition) is 3. The molecule has 1 aliphatic rings. The SMILES string of the molecule is Cl.OCCC/C(=C(\c1ccc(O)cc1)c1ccc(OCCN2CCC[C@@H]2CO)cc1)c1ccccc1. The highest BCUT2D eigenvalue weighted by Crippen LogP contribution is 2.36. The first kappa shape index (κ1) is 27.8. The molecule has 3 aromatic carbocycles. The molecule has 1 atom stereocenters. The second kappa shape index (κ2) is 14.0. The Labute approximate surface area is 220 Å². The first-order valence-electron chi connectivity index (χ1n) is 12.5. The van der Waals surface area contributed by atoms with Gasteiger partial charge in [0, 0.05) is 19.2 Å². The lowest BCUT2D eigenvalue weighted by Crippen LogP contribution is -2.35. The summed E-state index contributed by atoms with van der Waals surface area (Å²) in [5, 5.41) is 28.9.